The van der Waals surface area contributed by atoms with Gasteiger partial charge in [-0.25, -0.2) is 0 Å². The fourth-order valence-corrected chi connectivity index (χ4v) is 10.3. The molecule has 0 saturated heterocycles. The first-order chi connectivity index (χ1) is 30.3. The Labute approximate surface area is 414 Å². The minimum atomic E-state index is -0.0230. The lowest BCUT2D eigenvalue weighted by molar-refractivity contribution is -0.123. The smallest absolute Gasteiger partial charge is 0.221 e. The van der Waals surface area contributed by atoms with E-state index in [1.807, 2.05) is 0 Å². The summed E-state index contributed by atoms with van der Waals surface area (Å²) in [5, 5.41) is 19.7. The quantitative estimate of drug-likeness (QED) is 0.0346. The van der Waals surface area contributed by atoms with Gasteiger partial charge in [0.25, 0.3) is 0 Å². The van der Waals surface area contributed by atoms with Crippen molar-refractivity contribution in [2.24, 2.45) is 43.3 Å². The van der Waals surface area contributed by atoms with Gasteiger partial charge in [0, 0.05) is 117 Å². The zero-order valence-corrected chi connectivity index (χ0v) is 47.8. The molecule has 0 unspecified atom stereocenters. The number of hydrogen-bond acceptors (Lipinski definition) is 8. The molecule has 0 aromatic heterocycles. The van der Waals surface area contributed by atoms with E-state index in [1.165, 1.54) is 0 Å². The van der Waals surface area contributed by atoms with Gasteiger partial charge in [0.15, 0.2) is 0 Å². The topological polar surface area (TPSA) is 147 Å². The molecule has 0 heterocycles. The van der Waals surface area contributed by atoms with Crippen molar-refractivity contribution < 1.29 is 19.2 Å². The Morgan fingerprint density at radius 2 is 0.612 bits per heavy atom. The number of rotatable bonds is 35. The Morgan fingerprint density at radius 1 is 0.328 bits per heavy atom. The fourth-order valence-electron chi connectivity index (χ4n) is 10.3. The lowest BCUT2D eigenvalue weighted by Gasteiger charge is -2.34. The van der Waals surface area contributed by atoms with E-state index in [2.05, 4.69) is 180 Å². The van der Waals surface area contributed by atoms with E-state index in [9.17, 15) is 19.2 Å². The Hall–Kier alpha value is -2.28. The van der Waals surface area contributed by atoms with Gasteiger partial charge in [-0.2, -0.15) is 0 Å². The summed E-state index contributed by atoms with van der Waals surface area (Å²) in [6.07, 6.45) is 6.69. The monoisotopic (exact) mass is 949 g/mol. The second-order valence-corrected chi connectivity index (χ2v) is 27.9. The van der Waals surface area contributed by atoms with Crippen molar-refractivity contribution in [3.05, 3.63) is 0 Å². The molecule has 0 rings (SSSR count). The van der Waals surface area contributed by atoms with Gasteiger partial charge in [-0.05, 0) is 69.0 Å². The Bertz CT molecular complexity index is 1430. The molecule has 0 radical (unpaired) electrons. The number of hydrogen-bond donors (Lipinski definition) is 6. The number of nitrogens with zero attached hydrogens (tertiary/aromatic N) is 2. The van der Waals surface area contributed by atoms with Gasteiger partial charge in [-0.1, -0.05) is 145 Å². The van der Waals surface area contributed by atoms with Crippen LogP contribution in [0.2, 0.25) is 0 Å². The van der Waals surface area contributed by atoms with Gasteiger partial charge >= 0.3 is 0 Å². The SMILES string of the molecule is CCC(C)(C)CC(C)(C)CNC(=O)CCN(CCC(=O)NCC(C)(C)CC(C)(C)C)CCN(CCNCCNCCC(=O)NCC(C)(C)CC(C)(C)C)CCC(=O)NCC(C)(C)CC(C)(C)C. The van der Waals surface area contributed by atoms with Crippen molar-refractivity contribution in [2.45, 2.75) is 196 Å². The second kappa shape index (κ2) is 29.2. The van der Waals surface area contributed by atoms with Crippen LogP contribution in [-0.2, 0) is 19.2 Å². The van der Waals surface area contributed by atoms with Gasteiger partial charge in [0.2, 0.25) is 23.6 Å². The van der Waals surface area contributed by atoms with Gasteiger partial charge < -0.3 is 41.7 Å². The highest BCUT2D eigenvalue weighted by Gasteiger charge is 2.30. The predicted octanol–water partition coefficient (Wildman–Crippen LogP) is 9.03. The largest absolute Gasteiger partial charge is 0.356 e. The molecule has 0 spiro atoms. The fraction of sp³-hybridized carbons (Fsp3) is 0.927. The maximum absolute atomic E-state index is 13.3. The summed E-state index contributed by atoms with van der Waals surface area (Å²) in [6, 6.07) is 0. The van der Waals surface area contributed by atoms with Crippen LogP contribution in [0, 0.1) is 43.3 Å². The molecule has 396 valence electrons. The highest BCUT2D eigenvalue weighted by molar-refractivity contribution is 5.77. The molecule has 4 amide bonds. The molecule has 0 aromatic carbocycles. The average molecular weight is 950 g/mol. The minimum Gasteiger partial charge on any atom is -0.356 e. The summed E-state index contributed by atoms with van der Waals surface area (Å²) in [7, 11) is 0. The molecule has 0 bridgehead atoms. The average Bonchev–Trinajstić information content (AvgIpc) is 3.14. The molecule has 0 atom stereocenters. The zero-order valence-electron chi connectivity index (χ0n) is 47.8. The van der Waals surface area contributed by atoms with E-state index >= 15 is 0 Å². The van der Waals surface area contributed by atoms with Crippen molar-refractivity contribution in [2.75, 3.05) is 91.6 Å². The predicted molar refractivity (Wildman–Crippen MR) is 285 cm³/mol. The highest BCUT2D eigenvalue weighted by Crippen LogP contribution is 2.36. The van der Waals surface area contributed by atoms with Crippen LogP contribution in [0.4, 0.5) is 0 Å². The summed E-state index contributed by atoms with van der Waals surface area (Å²) >= 11 is 0. The third kappa shape index (κ3) is 38.2. The van der Waals surface area contributed by atoms with Crippen LogP contribution in [0.25, 0.3) is 0 Å². The van der Waals surface area contributed by atoms with Crippen LogP contribution in [0.5, 0.6) is 0 Å². The molecule has 6 N–H and O–H groups in total. The summed E-state index contributed by atoms with van der Waals surface area (Å²) in [4.78, 5) is 57.0. The second-order valence-electron chi connectivity index (χ2n) is 27.9. The first-order valence-electron chi connectivity index (χ1n) is 26.3. The molecule has 0 aliphatic heterocycles. The van der Waals surface area contributed by atoms with E-state index in [4.69, 9.17) is 0 Å². The Balaban J connectivity index is 5.71. The molecule has 0 aromatic rings. The standard InChI is InChI=1S/C55H112N8O4/c1-21-51(11,12)39-55(19,20)43-61-46(66)24-31-62(30-23-45(65)59-41-53(15,16)37-49(5,6)7)34-35-63(32-25-47(67)60-42-54(17,18)38-50(8,9)10)33-29-57-28-27-56-26-22-44(64)58-40-52(13,14)36-48(2,3)4/h56-57H,21-43H2,1-20H3,(H,58,64)(H,59,65)(H,60,67)(H,61,66). The van der Waals surface area contributed by atoms with Crippen molar-refractivity contribution >= 4 is 23.6 Å². The third-order valence-electron chi connectivity index (χ3n) is 12.3. The summed E-state index contributed by atoms with van der Waals surface area (Å²) in [5.41, 5.74) is 0.742. The first kappa shape index (κ1) is 64.7. The molecular formula is C55H112N8O4. The lowest BCUT2D eigenvalue weighted by atomic mass is 9.73. The maximum Gasteiger partial charge on any atom is 0.221 e. The normalized spacial score (nSPS) is 13.6. The highest BCUT2D eigenvalue weighted by atomic mass is 16.2. The Morgan fingerprint density at radius 3 is 0.925 bits per heavy atom. The minimum absolute atomic E-state index is 0.0123. The summed E-state index contributed by atoms with van der Waals surface area (Å²) in [6.45, 7) is 53.9. The first-order valence-corrected chi connectivity index (χ1v) is 26.3. The number of carbonyl (C=O) groups is 4. The van der Waals surface area contributed by atoms with Crippen molar-refractivity contribution in [3.8, 4) is 0 Å². The van der Waals surface area contributed by atoms with Gasteiger partial charge in [-0.15, -0.1) is 0 Å². The molecule has 12 heteroatoms. The van der Waals surface area contributed by atoms with Crippen molar-refractivity contribution in [1.29, 1.82) is 0 Å². The number of carbonyl (C=O) groups excluding carboxylic acids is 4. The summed E-state index contributed by atoms with van der Waals surface area (Å²) in [5.74, 6) is 0.182. The van der Waals surface area contributed by atoms with E-state index in [1.54, 1.807) is 0 Å². The van der Waals surface area contributed by atoms with Crippen LogP contribution in [0.3, 0.4) is 0 Å². The van der Waals surface area contributed by atoms with E-state index in [0.717, 1.165) is 58.3 Å². The molecule has 0 aliphatic carbocycles. The van der Waals surface area contributed by atoms with E-state index < -0.39 is 0 Å². The van der Waals surface area contributed by atoms with Crippen LogP contribution in [0.15, 0.2) is 0 Å². The summed E-state index contributed by atoms with van der Waals surface area (Å²) < 4.78 is 0. The van der Waals surface area contributed by atoms with Crippen molar-refractivity contribution in [3.63, 3.8) is 0 Å². The van der Waals surface area contributed by atoms with E-state index in [-0.39, 0.29) is 66.9 Å². The Kier molecular flexibility index (Phi) is 28.2. The third-order valence-corrected chi connectivity index (χ3v) is 12.3. The van der Waals surface area contributed by atoms with Gasteiger partial charge in [0.1, 0.15) is 0 Å². The molecular weight excluding hydrogens is 837 g/mol. The molecule has 0 aliphatic rings. The van der Waals surface area contributed by atoms with Gasteiger partial charge in [0.05, 0.1) is 0 Å². The van der Waals surface area contributed by atoms with Crippen LogP contribution in [-0.4, -0.2) is 125 Å². The zero-order chi connectivity index (χ0) is 52.0. The number of amides is 4. The van der Waals surface area contributed by atoms with E-state index in [0.29, 0.717) is 91.1 Å². The molecule has 0 fully saturated rings. The van der Waals surface area contributed by atoms with Crippen LogP contribution in [0.1, 0.15) is 196 Å². The van der Waals surface area contributed by atoms with Crippen LogP contribution < -0.4 is 31.9 Å². The van der Waals surface area contributed by atoms with Crippen molar-refractivity contribution in [1.82, 2.24) is 41.7 Å². The maximum atomic E-state index is 13.3. The van der Waals surface area contributed by atoms with Crippen LogP contribution >= 0.6 is 0 Å². The molecule has 12 nitrogen and oxygen atoms in total. The molecule has 0 saturated carbocycles. The lowest BCUT2D eigenvalue weighted by Crippen LogP contribution is -2.44. The number of nitrogens with one attached hydrogen (secondary N) is 6. The molecule has 67 heavy (non-hydrogen) atoms. The van der Waals surface area contributed by atoms with Gasteiger partial charge in [-0.3, -0.25) is 19.2 Å².